The third-order valence-electron chi connectivity index (χ3n) is 3.70. The van der Waals surface area contributed by atoms with Crippen molar-refractivity contribution in [1.82, 2.24) is 5.32 Å². The largest absolute Gasteiger partial charge is 0.308 e. The van der Waals surface area contributed by atoms with Gasteiger partial charge in [0.05, 0.1) is 0 Å². The highest BCUT2D eigenvalue weighted by atomic mass is 15.0. The quantitative estimate of drug-likeness (QED) is 0.588. The molecular weight excluding hydrogens is 146 g/mol. The van der Waals surface area contributed by atoms with Crippen LogP contribution in [-0.2, 0) is 0 Å². The molecule has 0 radical (unpaired) electrons. The van der Waals surface area contributed by atoms with E-state index in [1.807, 2.05) is 0 Å². The van der Waals surface area contributed by atoms with Crippen LogP contribution in [0.3, 0.4) is 0 Å². The molecule has 2 bridgehead atoms. The number of hydrogen-bond acceptors (Lipinski definition) is 1. The van der Waals surface area contributed by atoms with Crippen LogP contribution in [0.1, 0.15) is 33.6 Å². The van der Waals surface area contributed by atoms with Crippen LogP contribution in [0.2, 0.25) is 0 Å². The molecule has 1 saturated heterocycles. The lowest BCUT2D eigenvalue weighted by molar-refractivity contribution is 0.199. The average molecular weight is 165 g/mol. The minimum absolute atomic E-state index is 0.433. The summed E-state index contributed by atoms with van der Waals surface area (Å²) in [7, 11) is 0. The van der Waals surface area contributed by atoms with Crippen molar-refractivity contribution in [2.75, 3.05) is 0 Å². The van der Waals surface area contributed by atoms with Crippen molar-refractivity contribution >= 4 is 0 Å². The fourth-order valence-corrected chi connectivity index (χ4v) is 2.22. The van der Waals surface area contributed by atoms with Crippen molar-refractivity contribution < 1.29 is 0 Å². The zero-order chi connectivity index (χ0) is 8.77. The van der Waals surface area contributed by atoms with Crippen LogP contribution in [0, 0.1) is 11.3 Å². The SMILES string of the molecule is CC(C)C1(C)C=CC2CC(C1)N2. The van der Waals surface area contributed by atoms with Gasteiger partial charge >= 0.3 is 0 Å². The summed E-state index contributed by atoms with van der Waals surface area (Å²) in [5.41, 5.74) is 0.433. The molecule has 1 heteroatoms. The van der Waals surface area contributed by atoms with Gasteiger partial charge in [0.25, 0.3) is 0 Å². The first-order chi connectivity index (χ1) is 5.60. The molecule has 1 aliphatic carbocycles. The Labute approximate surface area is 75.2 Å². The highest BCUT2D eigenvalue weighted by Gasteiger charge is 2.37. The molecule has 1 nitrogen and oxygen atoms in total. The van der Waals surface area contributed by atoms with Crippen LogP contribution in [0.25, 0.3) is 0 Å². The summed E-state index contributed by atoms with van der Waals surface area (Å²) in [4.78, 5) is 0. The fraction of sp³-hybridized carbons (Fsp3) is 0.818. The molecule has 3 rings (SSSR count). The van der Waals surface area contributed by atoms with E-state index in [1.165, 1.54) is 12.8 Å². The van der Waals surface area contributed by atoms with Gasteiger partial charge in [0.2, 0.25) is 0 Å². The molecule has 12 heavy (non-hydrogen) atoms. The fourth-order valence-electron chi connectivity index (χ4n) is 2.22. The highest BCUT2D eigenvalue weighted by molar-refractivity contribution is 5.14. The van der Waals surface area contributed by atoms with Crippen molar-refractivity contribution in [2.24, 2.45) is 11.3 Å². The van der Waals surface area contributed by atoms with E-state index in [0.29, 0.717) is 11.5 Å². The van der Waals surface area contributed by atoms with Crippen molar-refractivity contribution in [3.05, 3.63) is 12.2 Å². The summed E-state index contributed by atoms with van der Waals surface area (Å²) in [6.45, 7) is 7.04. The van der Waals surface area contributed by atoms with Gasteiger partial charge in [-0.05, 0) is 24.2 Å². The van der Waals surface area contributed by atoms with Gasteiger partial charge < -0.3 is 5.32 Å². The monoisotopic (exact) mass is 165 g/mol. The Balaban J connectivity index is 2.16. The van der Waals surface area contributed by atoms with E-state index in [1.54, 1.807) is 0 Å². The molecule has 2 aliphatic heterocycles. The van der Waals surface area contributed by atoms with Crippen molar-refractivity contribution in [3.63, 3.8) is 0 Å². The maximum absolute atomic E-state index is 3.56. The minimum atomic E-state index is 0.433. The topological polar surface area (TPSA) is 12.0 Å². The summed E-state index contributed by atoms with van der Waals surface area (Å²) in [5, 5.41) is 3.56. The van der Waals surface area contributed by atoms with E-state index in [2.05, 4.69) is 38.2 Å². The van der Waals surface area contributed by atoms with Crippen LogP contribution < -0.4 is 5.32 Å². The van der Waals surface area contributed by atoms with Gasteiger partial charge in [-0.2, -0.15) is 0 Å². The van der Waals surface area contributed by atoms with E-state index in [-0.39, 0.29) is 0 Å². The van der Waals surface area contributed by atoms with Crippen LogP contribution in [-0.4, -0.2) is 12.1 Å². The third kappa shape index (κ3) is 1.20. The lowest BCUT2D eigenvalue weighted by Crippen LogP contribution is -2.51. The van der Waals surface area contributed by atoms with Gasteiger partial charge in [-0.15, -0.1) is 0 Å². The van der Waals surface area contributed by atoms with Crippen molar-refractivity contribution in [1.29, 1.82) is 0 Å². The van der Waals surface area contributed by atoms with E-state index in [0.717, 1.165) is 12.0 Å². The second kappa shape index (κ2) is 2.59. The first-order valence-corrected chi connectivity index (χ1v) is 5.05. The van der Waals surface area contributed by atoms with Crippen LogP contribution in [0.15, 0.2) is 12.2 Å². The molecule has 3 unspecified atom stereocenters. The second-order valence-electron chi connectivity index (χ2n) is 4.93. The molecule has 0 spiro atoms. The second-order valence-corrected chi connectivity index (χ2v) is 4.93. The van der Waals surface area contributed by atoms with Gasteiger partial charge in [0.1, 0.15) is 0 Å². The number of nitrogens with one attached hydrogen (secondary N) is 1. The lowest BCUT2D eigenvalue weighted by atomic mass is 9.74. The van der Waals surface area contributed by atoms with Crippen LogP contribution in [0.4, 0.5) is 0 Å². The average Bonchev–Trinajstić information content (AvgIpc) is 2.15. The summed E-state index contributed by atoms with van der Waals surface area (Å²) in [5.74, 6) is 0.759. The molecule has 1 N–H and O–H groups in total. The van der Waals surface area contributed by atoms with Gasteiger partial charge in [-0.1, -0.05) is 32.9 Å². The maximum Gasteiger partial charge on any atom is 0.0267 e. The number of fused-ring (bicyclic) bond motifs is 2. The molecule has 3 atom stereocenters. The Morgan fingerprint density at radius 2 is 2.17 bits per heavy atom. The first-order valence-electron chi connectivity index (χ1n) is 5.05. The molecule has 1 fully saturated rings. The Bertz CT molecular complexity index is 201. The number of allylic oxidation sites excluding steroid dienone is 1. The summed E-state index contributed by atoms with van der Waals surface area (Å²) >= 11 is 0. The summed E-state index contributed by atoms with van der Waals surface area (Å²) < 4.78 is 0. The Morgan fingerprint density at radius 3 is 2.75 bits per heavy atom. The maximum atomic E-state index is 3.56. The smallest absolute Gasteiger partial charge is 0.0267 e. The van der Waals surface area contributed by atoms with E-state index >= 15 is 0 Å². The number of rotatable bonds is 1. The van der Waals surface area contributed by atoms with Crippen molar-refractivity contribution in [3.8, 4) is 0 Å². The van der Waals surface area contributed by atoms with E-state index in [9.17, 15) is 0 Å². The molecule has 0 amide bonds. The third-order valence-corrected chi connectivity index (χ3v) is 3.70. The van der Waals surface area contributed by atoms with Crippen LogP contribution in [0.5, 0.6) is 0 Å². The Morgan fingerprint density at radius 1 is 1.50 bits per heavy atom. The lowest BCUT2D eigenvalue weighted by Gasteiger charge is -2.38. The molecule has 0 saturated carbocycles. The summed E-state index contributed by atoms with van der Waals surface area (Å²) in [6, 6.07) is 1.48. The molecule has 0 aromatic rings. The predicted molar refractivity (Wildman–Crippen MR) is 52.0 cm³/mol. The van der Waals surface area contributed by atoms with Gasteiger partial charge in [0, 0.05) is 12.1 Å². The zero-order valence-corrected chi connectivity index (χ0v) is 8.30. The van der Waals surface area contributed by atoms with Gasteiger partial charge in [-0.25, -0.2) is 0 Å². The molecule has 0 aromatic heterocycles. The molecular formula is C11H19N. The zero-order valence-electron chi connectivity index (χ0n) is 8.30. The minimum Gasteiger partial charge on any atom is -0.308 e. The van der Waals surface area contributed by atoms with Crippen molar-refractivity contribution in [2.45, 2.75) is 45.7 Å². The predicted octanol–water partition coefficient (Wildman–Crippen LogP) is 2.34. The number of hydrogen-bond donors (Lipinski definition) is 1. The van der Waals surface area contributed by atoms with E-state index < -0.39 is 0 Å². The molecule has 2 heterocycles. The molecule has 68 valence electrons. The molecule has 0 aromatic carbocycles. The normalized spacial score (nSPS) is 45.7. The van der Waals surface area contributed by atoms with E-state index in [4.69, 9.17) is 0 Å². The highest BCUT2D eigenvalue weighted by Crippen LogP contribution is 2.39. The Kier molecular flexibility index (Phi) is 1.80. The summed E-state index contributed by atoms with van der Waals surface area (Å²) in [6.07, 6.45) is 7.47. The first kappa shape index (κ1) is 8.31. The van der Waals surface area contributed by atoms with Gasteiger partial charge in [-0.3, -0.25) is 0 Å². The van der Waals surface area contributed by atoms with Gasteiger partial charge in [0.15, 0.2) is 0 Å². The van der Waals surface area contributed by atoms with Crippen LogP contribution >= 0.6 is 0 Å². The standard InChI is InChI=1S/C11H19N/c1-8(2)11(3)5-4-9-6-10(7-11)12-9/h4-5,8-10,12H,6-7H2,1-3H3. The molecule has 3 aliphatic rings. The Hall–Kier alpha value is -0.300.